The third-order valence-electron chi connectivity index (χ3n) is 5.15. The molecule has 0 spiro atoms. The topological polar surface area (TPSA) is 26.3 Å². The van der Waals surface area contributed by atoms with Crippen molar-refractivity contribution in [3.05, 3.63) is 76.9 Å². The van der Waals surface area contributed by atoms with Crippen LogP contribution >= 0.6 is 0 Å². The van der Waals surface area contributed by atoms with E-state index in [1.807, 2.05) is 18.2 Å². The van der Waals surface area contributed by atoms with Gasteiger partial charge in [-0.15, -0.1) is 0 Å². The quantitative estimate of drug-likeness (QED) is 0.267. The maximum Gasteiger partial charge on any atom is 0.302 e. The van der Waals surface area contributed by atoms with Crippen LogP contribution in [0, 0.1) is 0 Å². The van der Waals surface area contributed by atoms with Gasteiger partial charge in [0.15, 0.2) is 0 Å². The van der Waals surface area contributed by atoms with E-state index < -0.39 is 0 Å². The van der Waals surface area contributed by atoms with Crippen molar-refractivity contribution in [1.29, 1.82) is 0 Å². The molecule has 2 aromatic carbocycles. The Morgan fingerprint density at radius 3 is 2.14 bits per heavy atom. The molecule has 0 bridgehead atoms. The highest BCUT2D eigenvalue weighted by Crippen LogP contribution is 2.16. The fourth-order valence-corrected chi connectivity index (χ4v) is 3.50. The fourth-order valence-electron chi connectivity index (χ4n) is 3.50. The monoisotopic (exact) mass is 392 g/mol. The number of hydrogen-bond donors (Lipinski definition) is 0. The molecule has 0 radical (unpaired) electrons. The van der Waals surface area contributed by atoms with Crippen LogP contribution in [0.1, 0.15) is 75.5 Å². The smallest absolute Gasteiger partial charge is 0.302 e. The number of benzene rings is 2. The van der Waals surface area contributed by atoms with Crippen LogP contribution < -0.4 is 0 Å². The Bertz CT molecular complexity index is 729. The maximum atomic E-state index is 11.2. The third-order valence-corrected chi connectivity index (χ3v) is 5.15. The normalized spacial score (nSPS) is 11.4. The second-order valence-electron chi connectivity index (χ2n) is 7.86. The number of hydrogen-bond acceptors (Lipinski definition) is 2. The highest BCUT2D eigenvalue weighted by atomic mass is 16.5. The van der Waals surface area contributed by atoms with Crippen molar-refractivity contribution < 1.29 is 9.53 Å². The molecule has 2 heteroatoms. The molecule has 0 saturated carbocycles. The molecule has 0 heterocycles. The van der Waals surface area contributed by atoms with E-state index in [0.29, 0.717) is 6.61 Å². The summed E-state index contributed by atoms with van der Waals surface area (Å²) < 4.78 is 5.27. The molecule has 0 fully saturated rings. The van der Waals surface area contributed by atoms with Crippen molar-refractivity contribution in [3.63, 3.8) is 0 Å². The van der Waals surface area contributed by atoms with Crippen molar-refractivity contribution in [3.8, 4) is 0 Å². The van der Waals surface area contributed by atoms with Gasteiger partial charge in [0.2, 0.25) is 0 Å². The average Bonchev–Trinajstić information content (AvgIpc) is 2.73. The molecular formula is C27H36O2. The Morgan fingerprint density at radius 1 is 0.828 bits per heavy atom. The molecular weight excluding hydrogens is 356 g/mol. The number of aryl methyl sites for hydroxylation is 1. The lowest BCUT2D eigenvalue weighted by Crippen LogP contribution is -2.05. The molecule has 0 aromatic heterocycles. The molecule has 0 unspecified atom stereocenters. The number of rotatable bonds is 13. The number of carbonyl (C=O) groups excluding carboxylic acids is 1. The molecule has 0 aliphatic rings. The number of unbranched alkanes of at least 4 members (excludes halogenated alkanes) is 6. The lowest BCUT2D eigenvalue weighted by Gasteiger charge is -2.09. The van der Waals surface area contributed by atoms with Gasteiger partial charge >= 0.3 is 5.97 Å². The van der Waals surface area contributed by atoms with Gasteiger partial charge in [-0.25, -0.2) is 0 Å². The fraction of sp³-hybridized carbons (Fsp3) is 0.444. The van der Waals surface area contributed by atoms with Crippen molar-refractivity contribution >= 4 is 12.0 Å². The first-order chi connectivity index (χ1) is 14.2. The molecule has 2 rings (SSSR count). The SMILES string of the molecule is CCCCCCCCCc1ccc(/C=C(\COC(C)=O)Cc2ccccc2)cc1. The van der Waals surface area contributed by atoms with Crippen molar-refractivity contribution in [2.45, 2.75) is 71.6 Å². The number of carbonyl (C=O) groups is 1. The van der Waals surface area contributed by atoms with E-state index in [0.717, 1.165) is 24.0 Å². The zero-order valence-electron chi connectivity index (χ0n) is 18.2. The van der Waals surface area contributed by atoms with Gasteiger partial charge in [-0.3, -0.25) is 4.79 Å². The molecule has 0 aliphatic heterocycles. The van der Waals surface area contributed by atoms with Gasteiger partial charge in [0.1, 0.15) is 6.61 Å². The lowest BCUT2D eigenvalue weighted by atomic mass is 10.0. The van der Waals surface area contributed by atoms with E-state index in [2.05, 4.69) is 49.4 Å². The van der Waals surface area contributed by atoms with Crippen molar-refractivity contribution in [1.82, 2.24) is 0 Å². The highest BCUT2D eigenvalue weighted by molar-refractivity contribution is 5.66. The Labute approximate surface area is 177 Å². The minimum absolute atomic E-state index is 0.242. The predicted octanol–water partition coefficient (Wildman–Crippen LogP) is 7.17. The molecule has 29 heavy (non-hydrogen) atoms. The molecule has 156 valence electrons. The first-order valence-corrected chi connectivity index (χ1v) is 11.1. The highest BCUT2D eigenvalue weighted by Gasteiger charge is 2.04. The van der Waals surface area contributed by atoms with Crippen LogP contribution in [0.4, 0.5) is 0 Å². The summed E-state index contributed by atoms with van der Waals surface area (Å²) in [5, 5.41) is 0. The summed E-state index contributed by atoms with van der Waals surface area (Å²) in [6.45, 7) is 4.06. The van der Waals surface area contributed by atoms with Gasteiger partial charge in [0, 0.05) is 6.92 Å². The van der Waals surface area contributed by atoms with E-state index in [9.17, 15) is 4.79 Å². The Hall–Kier alpha value is -2.35. The summed E-state index contributed by atoms with van der Waals surface area (Å²) in [7, 11) is 0. The molecule has 0 amide bonds. The van der Waals surface area contributed by atoms with Gasteiger partial charge in [0.05, 0.1) is 0 Å². The van der Waals surface area contributed by atoms with Gasteiger partial charge in [-0.2, -0.15) is 0 Å². The minimum Gasteiger partial charge on any atom is -0.461 e. The van der Waals surface area contributed by atoms with Crippen LogP contribution in [0.3, 0.4) is 0 Å². The number of esters is 1. The van der Waals surface area contributed by atoms with Crippen LogP contribution in [0.25, 0.3) is 6.08 Å². The van der Waals surface area contributed by atoms with E-state index in [-0.39, 0.29) is 5.97 Å². The summed E-state index contributed by atoms with van der Waals surface area (Å²) in [4.78, 5) is 11.2. The van der Waals surface area contributed by atoms with Gasteiger partial charge in [-0.1, -0.05) is 106 Å². The maximum absolute atomic E-state index is 11.2. The predicted molar refractivity (Wildman–Crippen MR) is 123 cm³/mol. The molecule has 0 atom stereocenters. The first kappa shape index (κ1) is 22.9. The minimum atomic E-state index is -0.242. The Morgan fingerprint density at radius 2 is 1.48 bits per heavy atom. The van der Waals surface area contributed by atoms with Gasteiger partial charge < -0.3 is 4.74 Å². The summed E-state index contributed by atoms with van der Waals surface area (Å²) in [6, 6.07) is 19.1. The summed E-state index contributed by atoms with van der Waals surface area (Å²) in [5.74, 6) is -0.242. The molecule has 2 aromatic rings. The zero-order chi connectivity index (χ0) is 20.7. The van der Waals surface area contributed by atoms with Crippen LogP contribution in [0.15, 0.2) is 60.2 Å². The van der Waals surface area contributed by atoms with E-state index in [4.69, 9.17) is 4.74 Å². The molecule has 0 saturated heterocycles. The average molecular weight is 393 g/mol. The van der Waals surface area contributed by atoms with Crippen LogP contribution in [0.2, 0.25) is 0 Å². The summed E-state index contributed by atoms with van der Waals surface area (Å²) in [5.41, 5.74) is 4.89. The lowest BCUT2D eigenvalue weighted by molar-refractivity contribution is -0.139. The van der Waals surface area contributed by atoms with Crippen LogP contribution in [-0.4, -0.2) is 12.6 Å². The Balaban J connectivity index is 1.88. The standard InChI is InChI=1S/C27H36O2/c1-3-4-5-6-7-8-10-13-24-16-18-26(19-17-24)21-27(22-29-23(2)28)20-25-14-11-9-12-15-25/h9,11-12,14-19,21H,3-8,10,13,20,22H2,1-2H3/b27-21-. The molecule has 0 N–H and O–H groups in total. The first-order valence-electron chi connectivity index (χ1n) is 11.1. The second-order valence-corrected chi connectivity index (χ2v) is 7.86. The van der Waals surface area contributed by atoms with Gasteiger partial charge in [0.25, 0.3) is 0 Å². The van der Waals surface area contributed by atoms with Gasteiger partial charge in [-0.05, 0) is 41.5 Å². The van der Waals surface area contributed by atoms with Crippen molar-refractivity contribution in [2.24, 2.45) is 0 Å². The third kappa shape index (κ3) is 10.1. The van der Waals surface area contributed by atoms with E-state index in [1.54, 1.807) is 0 Å². The second kappa shape index (κ2) is 13.8. The summed E-state index contributed by atoms with van der Waals surface area (Å²) >= 11 is 0. The number of ether oxygens (including phenoxy) is 1. The largest absolute Gasteiger partial charge is 0.461 e. The van der Waals surface area contributed by atoms with Crippen LogP contribution in [-0.2, 0) is 22.4 Å². The van der Waals surface area contributed by atoms with E-state index in [1.165, 1.54) is 63.0 Å². The van der Waals surface area contributed by atoms with Crippen LogP contribution in [0.5, 0.6) is 0 Å². The molecule has 0 aliphatic carbocycles. The van der Waals surface area contributed by atoms with E-state index >= 15 is 0 Å². The van der Waals surface area contributed by atoms with Crippen molar-refractivity contribution in [2.75, 3.05) is 6.61 Å². The Kier molecular flexibility index (Phi) is 10.9. The summed E-state index contributed by atoms with van der Waals surface area (Å²) in [6.07, 6.45) is 13.5. The molecule has 2 nitrogen and oxygen atoms in total. The zero-order valence-corrected chi connectivity index (χ0v) is 18.2.